The van der Waals surface area contributed by atoms with E-state index in [1.54, 1.807) is 39.0 Å². The molecule has 0 aliphatic rings. The molecule has 0 saturated carbocycles. The number of benzene rings is 1. The fraction of sp³-hybridized carbons (Fsp3) is 0.556. The predicted octanol–water partition coefficient (Wildman–Crippen LogP) is 3.04. The van der Waals surface area contributed by atoms with Crippen molar-refractivity contribution in [2.45, 2.75) is 77.5 Å². The second-order valence-corrected chi connectivity index (χ2v) is 9.56. The van der Waals surface area contributed by atoms with Crippen LogP contribution < -0.4 is 20.7 Å². The largest absolute Gasteiger partial charge is 0.490 e. The number of hydrogen-bond acceptors (Lipinski definition) is 7. The highest BCUT2D eigenvalue weighted by Crippen LogP contribution is 2.14. The number of ether oxygens (including phenoxy) is 3. The van der Waals surface area contributed by atoms with Gasteiger partial charge in [-0.1, -0.05) is 37.6 Å². The highest BCUT2D eigenvalue weighted by Gasteiger charge is 2.27. The number of methoxy groups -OCH3 is 1. The van der Waals surface area contributed by atoms with Crippen LogP contribution >= 0.6 is 0 Å². The predicted molar refractivity (Wildman–Crippen MR) is 140 cm³/mol. The van der Waals surface area contributed by atoms with Gasteiger partial charge in [-0.3, -0.25) is 9.59 Å². The Kier molecular flexibility index (Phi) is 13.8. The maximum absolute atomic E-state index is 13.0. The minimum absolute atomic E-state index is 0.234. The lowest BCUT2D eigenvalue weighted by molar-refractivity contribution is -0.145. The molecule has 2 atom stereocenters. The first kappa shape index (κ1) is 31.5. The highest BCUT2D eigenvalue weighted by molar-refractivity contribution is 5.90. The molecule has 1 aromatic rings. The zero-order valence-electron chi connectivity index (χ0n) is 22.6. The summed E-state index contributed by atoms with van der Waals surface area (Å²) in [5.41, 5.74) is 0.251. The summed E-state index contributed by atoms with van der Waals surface area (Å²) >= 11 is 0. The molecule has 0 saturated heterocycles. The topological polar surface area (TPSA) is 132 Å². The summed E-state index contributed by atoms with van der Waals surface area (Å²) in [4.78, 5) is 48.8. The number of carbonyl (C=O) groups excluding carboxylic acids is 4. The maximum Gasteiger partial charge on any atom is 0.407 e. The SMILES string of the molecule is C=CCOc1ccc(C[C@H](NC(C)=O)C(=O)N[C@@H](CCCCCNC(=O)OC(C)(C)C)C(=O)OC)cc1. The van der Waals surface area contributed by atoms with Crippen LogP contribution in [0, 0.1) is 0 Å². The minimum atomic E-state index is -0.873. The van der Waals surface area contributed by atoms with Crippen molar-refractivity contribution in [1.82, 2.24) is 16.0 Å². The lowest BCUT2D eigenvalue weighted by Crippen LogP contribution is -2.52. The first-order chi connectivity index (χ1) is 17.4. The summed E-state index contributed by atoms with van der Waals surface area (Å²) in [7, 11) is 1.26. The van der Waals surface area contributed by atoms with Gasteiger partial charge in [0, 0.05) is 19.9 Å². The number of rotatable bonds is 15. The fourth-order valence-corrected chi connectivity index (χ4v) is 3.39. The molecule has 0 aromatic heterocycles. The van der Waals surface area contributed by atoms with Gasteiger partial charge in [0.1, 0.15) is 30.0 Å². The molecule has 0 spiro atoms. The van der Waals surface area contributed by atoms with E-state index in [1.807, 2.05) is 12.1 Å². The molecular weight excluding hydrogens is 478 g/mol. The maximum atomic E-state index is 13.0. The van der Waals surface area contributed by atoms with Gasteiger partial charge >= 0.3 is 12.1 Å². The van der Waals surface area contributed by atoms with Crippen LogP contribution in [0.3, 0.4) is 0 Å². The van der Waals surface area contributed by atoms with Gasteiger partial charge in [-0.25, -0.2) is 9.59 Å². The summed E-state index contributed by atoms with van der Waals surface area (Å²) in [5, 5.41) is 8.05. The number of alkyl carbamates (subject to hydrolysis) is 1. The normalized spacial score (nSPS) is 12.5. The average molecular weight is 520 g/mol. The Morgan fingerprint density at radius 3 is 2.24 bits per heavy atom. The molecular formula is C27H41N3O7. The third kappa shape index (κ3) is 13.9. The Balaban J connectivity index is 2.64. The Labute approximate surface area is 219 Å². The van der Waals surface area contributed by atoms with E-state index in [0.29, 0.717) is 44.6 Å². The molecule has 0 fully saturated rings. The van der Waals surface area contributed by atoms with Crippen molar-refractivity contribution in [3.05, 3.63) is 42.5 Å². The van der Waals surface area contributed by atoms with Crippen molar-refractivity contribution in [1.29, 1.82) is 0 Å². The summed E-state index contributed by atoms with van der Waals surface area (Å²) in [6.45, 7) is 11.1. The molecule has 10 nitrogen and oxygen atoms in total. The van der Waals surface area contributed by atoms with E-state index in [2.05, 4.69) is 22.5 Å². The first-order valence-electron chi connectivity index (χ1n) is 12.4. The summed E-state index contributed by atoms with van der Waals surface area (Å²) in [6.07, 6.45) is 3.77. The molecule has 10 heteroatoms. The fourth-order valence-electron chi connectivity index (χ4n) is 3.39. The van der Waals surface area contributed by atoms with E-state index < -0.39 is 35.7 Å². The molecule has 0 aliphatic heterocycles. The van der Waals surface area contributed by atoms with E-state index in [9.17, 15) is 19.2 Å². The number of nitrogens with one attached hydrogen (secondary N) is 3. The minimum Gasteiger partial charge on any atom is -0.490 e. The van der Waals surface area contributed by atoms with Crippen molar-refractivity contribution in [3.63, 3.8) is 0 Å². The zero-order valence-corrected chi connectivity index (χ0v) is 22.6. The number of hydrogen-bond donors (Lipinski definition) is 3. The Hall–Kier alpha value is -3.56. The number of amides is 3. The first-order valence-corrected chi connectivity index (χ1v) is 12.4. The van der Waals surface area contributed by atoms with Crippen LogP contribution in [-0.4, -0.2) is 61.8 Å². The van der Waals surface area contributed by atoms with Crippen LogP contribution in [0.25, 0.3) is 0 Å². The third-order valence-electron chi connectivity index (χ3n) is 5.07. The molecule has 0 bridgehead atoms. The van der Waals surface area contributed by atoms with Crippen LogP contribution in [0.15, 0.2) is 36.9 Å². The summed E-state index contributed by atoms with van der Waals surface area (Å²) < 4.78 is 15.5. The van der Waals surface area contributed by atoms with E-state index in [4.69, 9.17) is 14.2 Å². The van der Waals surface area contributed by atoms with Crippen molar-refractivity contribution in [2.75, 3.05) is 20.3 Å². The van der Waals surface area contributed by atoms with Gasteiger partial charge in [0.25, 0.3) is 0 Å². The van der Waals surface area contributed by atoms with Crippen LogP contribution in [0.2, 0.25) is 0 Å². The molecule has 3 amide bonds. The van der Waals surface area contributed by atoms with Gasteiger partial charge in [0.15, 0.2) is 0 Å². The Morgan fingerprint density at radius 1 is 1.00 bits per heavy atom. The molecule has 1 aromatic carbocycles. The van der Waals surface area contributed by atoms with Gasteiger partial charge in [-0.15, -0.1) is 0 Å². The van der Waals surface area contributed by atoms with Crippen molar-refractivity contribution in [2.24, 2.45) is 0 Å². The van der Waals surface area contributed by atoms with Gasteiger partial charge in [0.05, 0.1) is 7.11 Å². The van der Waals surface area contributed by atoms with E-state index >= 15 is 0 Å². The Morgan fingerprint density at radius 2 is 1.68 bits per heavy atom. The molecule has 37 heavy (non-hydrogen) atoms. The standard InChI is InChI=1S/C27H41N3O7/c1-7-17-36-21-14-12-20(13-15-21)18-23(29-19(2)31)24(32)30-22(25(33)35-6)11-9-8-10-16-28-26(34)37-27(3,4)5/h7,12-15,22-23H,1,8-11,16-18H2,2-6H3,(H,28,34)(H,29,31)(H,30,32)/t22-,23-/m0/s1. The lowest BCUT2D eigenvalue weighted by Gasteiger charge is -2.22. The molecule has 206 valence electrons. The molecule has 1 rings (SSSR count). The van der Waals surface area contributed by atoms with Crippen molar-refractivity contribution < 1.29 is 33.4 Å². The molecule has 0 aliphatic carbocycles. The quantitative estimate of drug-likeness (QED) is 0.184. The zero-order chi connectivity index (χ0) is 27.8. The van der Waals surface area contributed by atoms with Crippen LogP contribution in [-0.2, 0) is 30.3 Å². The second kappa shape index (κ2) is 16.2. The lowest BCUT2D eigenvalue weighted by atomic mass is 10.0. The summed E-state index contributed by atoms with van der Waals surface area (Å²) in [6, 6.07) is 5.44. The van der Waals surface area contributed by atoms with Crippen LogP contribution in [0.4, 0.5) is 4.79 Å². The Bertz CT molecular complexity index is 894. The smallest absolute Gasteiger partial charge is 0.407 e. The van der Waals surface area contributed by atoms with E-state index in [1.165, 1.54) is 14.0 Å². The molecule has 0 heterocycles. The van der Waals surface area contributed by atoms with Crippen LogP contribution in [0.5, 0.6) is 5.75 Å². The van der Waals surface area contributed by atoms with Gasteiger partial charge in [-0.2, -0.15) is 0 Å². The van der Waals surface area contributed by atoms with E-state index in [-0.39, 0.29) is 12.3 Å². The highest BCUT2D eigenvalue weighted by atomic mass is 16.6. The third-order valence-corrected chi connectivity index (χ3v) is 5.07. The monoisotopic (exact) mass is 519 g/mol. The van der Waals surface area contributed by atoms with Gasteiger partial charge in [-0.05, 0) is 51.3 Å². The second-order valence-electron chi connectivity index (χ2n) is 9.56. The van der Waals surface area contributed by atoms with E-state index in [0.717, 1.165) is 5.56 Å². The molecule has 0 radical (unpaired) electrons. The van der Waals surface area contributed by atoms with Gasteiger partial charge in [0.2, 0.25) is 11.8 Å². The number of carbonyl (C=O) groups is 4. The van der Waals surface area contributed by atoms with Crippen LogP contribution in [0.1, 0.15) is 58.9 Å². The molecule has 0 unspecified atom stereocenters. The van der Waals surface area contributed by atoms with Crippen molar-refractivity contribution >= 4 is 23.9 Å². The number of esters is 1. The number of unbranched alkanes of at least 4 members (excludes halogenated alkanes) is 2. The summed E-state index contributed by atoms with van der Waals surface area (Å²) in [5.74, 6) is -0.746. The van der Waals surface area contributed by atoms with Crippen molar-refractivity contribution in [3.8, 4) is 5.75 Å². The average Bonchev–Trinajstić information content (AvgIpc) is 2.82. The van der Waals surface area contributed by atoms with Gasteiger partial charge < -0.3 is 30.2 Å². The molecule has 3 N–H and O–H groups in total.